The Hall–Kier alpha value is -4.40. The van der Waals surface area contributed by atoms with E-state index in [1.54, 1.807) is 0 Å². The fourth-order valence-corrected chi connectivity index (χ4v) is 18.9. The molecule has 0 aromatic rings. The third kappa shape index (κ3) is 98.3. The lowest BCUT2D eigenvalue weighted by Gasteiger charge is -2.21. The maximum atomic E-state index is 13.7. The second kappa shape index (κ2) is 106. The Morgan fingerprint density at radius 1 is 0.164 bits per heavy atom. The van der Waals surface area contributed by atoms with Crippen molar-refractivity contribution in [3.8, 4) is 0 Å². The summed E-state index contributed by atoms with van der Waals surface area (Å²) >= 11 is 0. The van der Waals surface area contributed by atoms with Crippen LogP contribution in [0.15, 0.2) is 0 Å². The van der Waals surface area contributed by atoms with Crippen molar-refractivity contribution in [1.82, 2.24) is 0 Å². The Balaban J connectivity index is 5.08. The van der Waals surface area contributed by atoms with Crippen molar-refractivity contribution in [2.45, 2.75) is 688 Å². The highest BCUT2D eigenvalue weighted by Gasteiger charge is 2.26. The number of hydrogen-bond donors (Lipinski definition) is 4. The first-order valence-electron chi connectivity index (χ1n) is 60.4. The zero-order chi connectivity index (χ0) is 102. The molecule has 0 aromatic carbocycles. The van der Waals surface area contributed by atoms with Crippen LogP contribution >= 0.6 is 0 Å². The van der Waals surface area contributed by atoms with Crippen molar-refractivity contribution < 1.29 is 96.7 Å². The number of esters is 8. The highest BCUT2D eigenvalue weighted by Crippen LogP contribution is 2.27. The average Bonchev–Trinajstić information content (AvgIpc) is 0.915. The van der Waals surface area contributed by atoms with E-state index in [0.29, 0.717) is 32.1 Å². The second-order valence-electron chi connectivity index (χ2n) is 42.5. The average molecular weight is 1990 g/mol. The number of aliphatic hydroxyl groups is 4. The molecule has 0 radical (unpaired) electrons. The minimum atomic E-state index is -0.871. The molecule has 0 amide bonds. The molecule has 0 aliphatic rings. The van der Waals surface area contributed by atoms with Crippen LogP contribution in [0.1, 0.15) is 639 Å². The van der Waals surface area contributed by atoms with Crippen molar-refractivity contribution in [2.24, 2.45) is 5.92 Å². The van der Waals surface area contributed by atoms with Gasteiger partial charge in [-0.3, -0.25) is 38.4 Å². The first-order chi connectivity index (χ1) is 68.3. The first-order valence-corrected chi connectivity index (χ1v) is 60.4. The fourth-order valence-electron chi connectivity index (χ4n) is 18.9. The van der Waals surface area contributed by atoms with Crippen LogP contribution < -0.4 is 0 Å². The molecule has 0 saturated carbocycles. The van der Waals surface area contributed by atoms with E-state index in [4.69, 9.17) is 37.9 Å². The molecule has 4 N–H and O–H groups in total. The van der Waals surface area contributed by atoms with Gasteiger partial charge in [0.15, 0.2) is 12.2 Å². The highest BCUT2D eigenvalue weighted by atomic mass is 16.6. The van der Waals surface area contributed by atoms with E-state index < -0.39 is 18.1 Å². The van der Waals surface area contributed by atoms with Crippen molar-refractivity contribution in [2.75, 3.05) is 26.4 Å². The zero-order valence-corrected chi connectivity index (χ0v) is 92.4. The summed E-state index contributed by atoms with van der Waals surface area (Å²) in [5.41, 5.74) is 0. The van der Waals surface area contributed by atoms with E-state index in [1.165, 1.54) is 89.9 Å². The quantitative estimate of drug-likeness (QED) is 0.0250. The predicted octanol–water partition coefficient (Wildman–Crippen LogP) is 32.9. The summed E-state index contributed by atoms with van der Waals surface area (Å²) in [5, 5.41) is 41.2. The molecule has 0 bridgehead atoms. The van der Waals surface area contributed by atoms with E-state index in [0.717, 1.165) is 424 Å². The predicted molar refractivity (Wildman–Crippen MR) is 575 cm³/mol. The fraction of sp³-hybridized carbons (Fsp3) is 0.933. The molecule has 20 heteroatoms. The van der Waals surface area contributed by atoms with Gasteiger partial charge in [0.25, 0.3) is 0 Å². The van der Waals surface area contributed by atoms with Gasteiger partial charge in [0, 0.05) is 44.9 Å². The molecule has 140 heavy (non-hydrogen) atoms. The van der Waals surface area contributed by atoms with Gasteiger partial charge in [-0.1, -0.05) is 447 Å². The molecule has 0 aromatic heterocycles. The lowest BCUT2D eigenvalue weighted by atomic mass is 10.0. The van der Waals surface area contributed by atoms with Crippen LogP contribution in [0, 0.1) is 5.92 Å². The lowest BCUT2D eigenvalue weighted by molar-refractivity contribution is -0.167. The third-order valence-electron chi connectivity index (χ3n) is 28.4. The number of carbonyl (C=O) groups is 8. The van der Waals surface area contributed by atoms with Gasteiger partial charge in [-0.2, -0.15) is 0 Å². The Labute approximate surface area is 860 Å². The van der Waals surface area contributed by atoms with Crippen molar-refractivity contribution in [1.29, 1.82) is 0 Å². The Kier molecular flexibility index (Phi) is 103. The summed E-state index contributed by atoms with van der Waals surface area (Å²) in [7, 11) is 0. The van der Waals surface area contributed by atoms with Gasteiger partial charge in [0.1, 0.15) is 38.6 Å². The van der Waals surface area contributed by atoms with Crippen molar-refractivity contribution in [3.63, 3.8) is 0 Å². The second-order valence-corrected chi connectivity index (χ2v) is 42.5. The van der Waals surface area contributed by atoms with Gasteiger partial charge in [-0.15, -0.1) is 0 Å². The maximum Gasteiger partial charge on any atom is 0.308 e. The summed E-state index contributed by atoms with van der Waals surface area (Å²) in [4.78, 5) is 105. The molecule has 9 unspecified atom stereocenters. The van der Waals surface area contributed by atoms with Gasteiger partial charge >= 0.3 is 47.8 Å². The topological polar surface area (TPSA) is 291 Å². The Morgan fingerprint density at radius 3 is 0.514 bits per heavy atom. The van der Waals surface area contributed by atoms with Gasteiger partial charge in [0.05, 0.1) is 30.3 Å². The van der Waals surface area contributed by atoms with Crippen LogP contribution in [-0.4, -0.2) is 143 Å². The van der Waals surface area contributed by atoms with Crippen LogP contribution in [0.5, 0.6) is 0 Å². The van der Waals surface area contributed by atoms with Gasteiger partial charge < -0.3 is 58.3 Å². The molecule has 826 valence electrons. The van der Waals surface area contributed by atoms with E-state index >= 15 is 0 Å². The largest absolute Gasteiger partial charge is 0.462 e. The number of rotatable bonds is 112. The summed E-state index contributed by atoms with van der Waals surface area (Å²) in [6, 6.07) is 0. The van der Waals surface area contributed by atoms with E-state index in [9.17, 15) is 58.8 Å². The number of aliphatic hydroxyl groups excluding tert-OH is 4. The van der Waals surface area contributed by atoms with Crippen LogP contribution in [0.3, 0.4) is 0 Å². The summed E-state index contributed by atoms with van der Waals surface area (Å²) < 4.78 is 46.6. The minimum Gasteiger partial charge on any atom is -0.462 e. The molecule has 9 atom stereocenters. The normalized spacial score (nSPS) is 13.5. The maximum absolute atomic E-state index is 13.7. The molecule has 0 aliphatic carbocycles. The first kappa shape index (κ1) is 136. The smallest absolute Gasteiger partial charge is 0.308 e. The zero-order valence-electron chi connectivity index (χ0n) is 92.4. The molecule has 0 heterocycles. The van der Waals surface area contributed by atoms with Crippen LogP contribution in [0.2, 0.25) is 0 Å². The van der Waals surface area contributed by atoms with E-state index in [-0.39, 0.29) is 156 Å². The third-order valence-corrected chi connectivity index (χ3v) is 28.4. The molecule has 0 fully saturated rings. The lowest BCUT2D eigenvalue weighted by Crippen LogP contribution is -2.30. The molecule has 0 rings (SSSR count). The molecule has 0 spiro atoms. The van der Waals surface area contributed by atoms with Crippen LogP contribution in [-0.2, 0) is 76.3 Å². The summed E-state index contributed by atoms with van der Waals surface area (Å²) in [6.07, 6.45) is 86.8. The van der Waals surface area contributed by atoms with Gasteiger partial charge in [-0.25, -0.2) is 0 Å². The molecular formula is C120H226O20. The number of unbranched alkanes of at least 4 members (excludes halogenated alkanes) is 60. The van der Waals surface area contributed by atoms with E-state index in [1.807, 2.05) is 6.92 Å². The summed E-state index contributed by atoms with van der Waals surface area (Å²) in [6.45, 7) is 14.5. The minimum absolute atomic E-state index is 0.143. The number of carbonyl (C=O) groups excluding carboxylic acids is 8. The molecule has 0 saturated heterocycles. The Bertz CT molecular complexity index is 2730. The monoisotopic (exact) mass is 1990 g/mol. The van der Waals surface area contributed by atoms with Gasteiger partial charge in [0.2, 0.25) is 0 Å². The standard InChI is InChI=1S/C120H226O20/c1-8-14-20-62-80-105(121)84-66-50-38-26-32-44-56-74-92-113(125)133-100-111(138-117(129)96-78-60-48-34-28-40-52-68-86-107(123)82-64-22-16-10-3)102-135-115(127)94-76-58-46-36-30-42-54-72-89-109(88-70-24-18-12-5)137-119(131)99-98-104(7)120(132)140-110(90-71-25-19-13-6)91-73-55-43-31-37-47-59-77-95-116(128)136-103-112(139-118(130)97-79-61-49-35-29-41-53-69-87-108(124)83-65-23-17-11-4)101-134-114(126)93-75-57-45-33-27-39-51-67-85-106(122)81-63-21-15-9-2/h104-112,121-124H,8-103H2,1-7H3. The van der Waals surface area contributed by atoms with Crippen molar-refractivity contribution in [3.05, 3.63) is 0 Å². The molecule has 20 nitrogen and oxygen atoms in total. The number of ether oxygens (including phenoxy) is 8. The summed E-state index contributed by atoms with van der Waals surface area (Å²) in [5.74, 6) is -3.06. The highest BCUT2D eigenvalue weighted by molar-refractivity contribution is 5.75. The van der Waals surface area contributed by atoms with Gasteiger partial charge in [-0.05, 0) is 148 Å². The molecular weight excluding hydrogens is 1760 g/mol. The Morgan fingerprint density at radius 2 is 0.314 bits per heavy atom. The number of hydrogen-bond acceptors (Lipinski definition) is 20. The van der Waals surface area contributed by atoms with Crippen LogP contribution in [0.4, 0.5) is 0 Å². The van der Waals surface area contributed by atoms with Crippen molar-refractivity contribution >= 4 is 47.8 Å². The van der Waals surface area contributed by atoms with E-state index in [2.05, 4.69) is 41.5 Å². The molecule has 0 aliphatic heterocycles. The SMILES string of the molecule is CCCCCCC(O)CCCCCCCCCCC(=O)OCC(COC(=O)CCCCCCCCCCC(CCCCCC)OC(=O)CCC(C)C(=O)OC(CCCCCC)CCCCCCCCCCC(=O)OCC(COC(=O)CCCCCCCCCCC(O)CCCCCC)OC(=O)CCCCCCCCCCC(O)CCCCCC)OC(=O)CCCCCCCCCCC(O)CCCCCC. The van der Waals surface area contributed by atoms with Crippen LogP contribution in [0.25, 0.3) is 0 Å².